The number of nitrogens with zero attached hydrogens (tertiary/aromatic N) is 2. The minimum absolute atomic E-state index is 0.0730. The van der Waals surface area contributed by atoms with Gasteiger partial charge in [0.15, 0.2) is 0 Å². The van der Waals surface area contributed by atoms with Gasteiger partial charge in [0.25, 0.3) is 5.91 Å². The number of carbonyl (C=O) groups is 1. The van der Waals surface area contributed by atoms with Crippen LogP contribution in [0.1, 0.15) is 40.5 Å². The molecule has 126 valence electrons. The molecule has 1 aliphatic carbocycles. The first-order valence-electron chi connectivity index (χ1n) is 7.65. The fraction of sp³-hybridized carbons (Fsp3) is 0.312. The van der Waals surface area contributed by atoms with E-state index >= 15 is 0 Å². The highest BCUT2D eigenvalue weighted by atomic mass is 32.2. The van der Waals surface area contributed by atoms with Crippen molar-refractivity contribution in [3.8, 4) is 0 Å². The van der Waals surface area contributed by atoms with Gasteiger partial charge in [0.2, 0.25) is 10.0 Å². The molecule has 0 unspecified atom stereocenters. The summed E-state index contributed by atoms with van der Waals surface area (Å²) in [6.45, 7) is 0.427. The van der Waals surface area contributed by atoms with Crippen LogP contribution in [0.15, 0.2) is 41.6 Å². The Hall–Kier alpha value is -2.32. The highest BCUT2D eigenvalue weighted by molar-refractivity contribution is 7.89. The van der Waals surface area contributed by atoms with E-state index in [1.807, 2.05) is 0 Å². The van der Waals surface area contributed by atoms with Crippen molar-refractivity contribution in [2.24, 2.45) is 5.14 Å². The Bertz CT molecular complexity index is 846. The largest absolute Gasteiger partial charge is 0.350 e. The van der Waals surface area contributed by atoms with E-state index in [1.165, 1.54) is 18.5 Å². The van der Waals surface area contributed by atoms with E-state index in [1.54, 1.807) is 18.2 Å². The molecular formula is C16H18N4O3S. The number of sulfonamides is 1. The van der Waals surface area contributed by atoms with E-state index in [4.69, 9.17) is 5.14 Å². The second-order valence-corrected chi connectivity index (χ2v) is 7.36. The Kier molecular flexibility index (Phi) is 4.59. The monoisotopic (exact) mass is 346 g/mol. The maximum Gasteiger partial charge on any atom is 0.270 e. The van der Waals surface area contributed by atoms with Crippen LogP contribution in [-0.4, -0.2) is 30.8 Å². The molecule has 24 heavy (non-hydrogen) atoms. The average molecular weight is 346 g/mol. The number of primary sulfonamides is 1. The fourth-order valence-electron chi connectivity index (χ4n) is 2.36. The molecule has 0 bridgehead atoms. The predicted octanol–water partition coefficient (Wildman–Crippen LogP) is 0.974. The number of nitrogens with two attached hydrogens (primary N) is 1. The van der Waals surface area contributed by atoms with Crippen molar-refractivity contribution in [3.63, 3.8) is 0 Å². The minimum Gasteiger partial charge on any atom is -0.350 e. The first-order chi connectivity index (χ1) is 11.4. The maximum absolute atomic E-state index is 12.1. The van der Waals surface area contributed by atoms with Crippen LogP contribution in [0.5, 0.6) is 0 Å². The van der Waals surface area contributed by atoms with Gasteiger partial charge in [-0.05, 0) is 43.0 Å². The van der Waals surface area contributed by atoms with Crippen LogP contribution in [0.25, 0.3) is 0 Å². The maximum atomic E-state index is 12.1. The Morgan fingerprint density at radius 3 is 2.54 bits per heavy atom. The Balaban J connectivity index is 1.54. The van der Waals surface area contributed by atoms with Gasteiger partial charge in [0, 0.05) is 18.2 Å². The first kappa shape index (κ1) is 16.5. The highest BCUT2D eigenvalue weighted by Crippen LogP contribution is 2.38. The smallest absolute Gasteiger partial charge is 0.270 e. The van der Waals surface area contributed by atoms with E-state index in [0.717, 1.165) is 24.1 Å². The summed E-state index contributed by atoms with van der Waals surface area (Å²) < 4.78 is 22.4. The summed E-state index contributed by atoms with van der Waals surface area (Å²) in [6.07, 6.45) is 4.24. The van der Waals surface area contributed by atoms with Crippen molar-refractivity contribution < 1.29 is 13.2 Å². The summed E-state index contributed by atoms with van der Waals surface area (Å²) in [5.41, 5.74) is 2.20. The predicted molar refractivity (Wildman–Crippen MR) is 87.9 cm³/mol. The van der Waals surface area contributed by atoms with E-state index in [2.05, 4.69) is 15.3 Å². The Morgan fingerprint density at radius 2 is 1.92 bits per heavy atom. The molecule has 2 aromatic rings. The number of rotatable bonds is 6. The van der Waals surface area contributed by atoms with Crippen molar-refractivity contribution in [2.75, 3.05) is 6.54 Å². The Morgan fingerprint density at radius 1 is 1.21 bits per heavy atom. The number of benzene rings is 1. The van der Waals surface area contributed by atoms with Crippen molar-refractivity contribution >= 4 is 15.9 Å². The summed E-state index contributed by atoms with van der Waals surface area (Å²) in [6, 6.07) is 8.02. The number of hydrogen-bond donors (Lipinski definition) is 2. The van der Waals surface area contributed by atoms with E-state index in [0.29, 0.717) is 24.6 Å². The van der Waals surface area contributed by atoms with E-state index < -0.39 is 10.0 Å². The van der Waals surface area contributed by atoms with E-state index in [9.17, 15) is 13.2 Å². The number of hydrogen-bond acceptors (Lipinski definition) is 5. The molecule has 0 aliphatic heterocycles. The molecule has 1 heterocycles. The quantitative estimate of drug-likeness (QED) is 0.809. The fourth-order valence-corrected chi connectivity index (χ4v) is 2.87. The molecule has 3 rings (SSSR count). The highest BCUT2D eigenvalue weighted by Gasteiger charge is 2.25. The molecular weight excluding hydrogens is 328 g/mol. The number of aromatic nitrogens is 2. The van der Waals surface area contributed by atoms with Gasteiger partial charge in [-0.15, -0.1) is 0 Å². The first-order valence-corrected chi connectivity index (χ1v) is 9.20. The molecule has 1 aliphatic rings. The Labute approximate surface area is 140 Å². The standard InChI is InChI=1S/C16H18N4O3S/c17-24(22,23)13-5-1-11(2-6-13)7-8-18-16(21)15-9-14(12-3-4-12)19-10-20-15/h1-2,5-6,9-10,12H,3-4,7-8H2,(H,18,21)(H2,17,22,23). The SMILES string of the molecule is NS(=O)(=O)c1ccc(CCNC(=O)c2cc(C3CC3)ncn2)cc1. The van der Waals surface area contributed by atoms with Crippen LogP contribution in [0.3, 0.4) is 0 Å². The zero-order valence-electron chi connectivity index (χ0n) is 13.0. The zero-order chi connectivity index (χ0) is 17.2. The zero-order valence-corrected chi connectivity index (χ0v) is 13.8. The van der Waals surface area contributed by atoms with Gasteiger partial charge < -0.3 is 5.32 Å². The van der Waals surface area contributed by atoms with Gasteiger partial charge in [-0.25, -0.2) is 23.5 Å². The normalized spacial score (nSPS) is 14.4. The lowest BCUT2D eigenvalue weighted by Gasteiger charge is -2.06. The van der Waals surface area contributed by atoms with Crippen molar-refractivity contribution in [1.82, 2.24) is 15.3 Å². The topological polar surface area (TPSA) is 115 Å². The number of nitrogens with one attached hydrogen (secondary N) is 1. The molecule has 1 aromatic heterocycles. The van der Waals surface area contributed by atoms with Crippen molar-refractivity contribution in [2.45, 2.75) is 30.1 Å². The van der Waals surface area contributed by atoms with Gasteiger partial charge in [-0.2, -0.15) is 0 Å². The molecule has 7 nitrogen and oxygen atoms in total. The van der Waals surface area contributed by atoms with Gasteiger partial charge in [-0.1, -0.05) is 12.1 Å². The van der Waals surface area contributed by atoms with Crippen LogP contribution in [0.4, 0.5) is 0 Å². The number of carbonyl (C=O) groups excluding carboxylic acids is 1. The summed E-state index contributed by atoms with van der Waals surface area (Å²) in [4.78, 5) is 20.4. The van der Waals surface area contributed by atoms with Crippen LogP contribution in [0, 0.1) is 0 Å². The molecule has 1 aromatic carbocycles. The second-order valence-electron chi connectivity index (χ2n) is 5.80. The van der Waals surface area contributed by atoms with Gasteiger partial charge >= 0.3 is 0 Å². The summed E-state index contributed by atoms with van der Waals surface area (Å²) in [5, 5.41) is 7.86. The average Bonchev–Trinajstić information content (AvgIpc) is 3.39. The third-order valence-corrected chi connectivity index (χ3v) is 4.80. The lowest BCUT2D eigenvalue weighted by molar-refractivity contribution is 0.0949. The molecule has 0 saturated heterocycles. The van der Waals surface area contributed by atoms with Gasteiger partial charge in [0.05, 0.1) is 4.90 Å². The third kappa shape index (κ3) is 4.15. The summed E-state index contributed by atoms with van der Waals surface area (Å²) >= 11 is 0. The molecule has 1 saturated carbocycles. The molecule has 0 spiro atoms. The third-order valence-electron chi connectivity index (χ3n) is 3.87. The molecule has 3 N–H and O–H groups in total. The molecule has 0 atom stereocenters. The lowest BCUT2D eigenvalue weighted by Crippen LogP contribution is -2.26. The molecule has 1 amide bonds. The summed E-state index contributed by atoms with van der Waals surface area (Å²) in [5.74, 6) is 0.234. The summed E-state index contributed by atoms with van der Waals surface area (Å²) in [7, 11) is -3.68. The molecule has 0 radical (unpaired) electrons. The van der Waals surface area contributed by atoms with E-state index in [-0.39, 0.29) is 10.8 Å². The van der Waals surface area contributed by atoms with Gasteiger partial charge in [-0.3, -0.25) is 4.79 Å². The lowest BCUT2D eigenvalue weighted by atomic mass is 10.1. The van der Waals surface area contributed by atoms with Crippen LogP contribution in [0.2, 0.25) is 0 Å². The van der Waals surface area contributed by atoms with Crippen molar-refractivity contribution in [1.29, 1.82) is 0 Å². The molecule has 1 fully saturated rings. The van der Waals surface area contributed by atoms with Gasteiger partial charge in [0.1, 0.15) is 12.0 Å². The van der Waals surface area contributed by atoms with Crippen LogP contribution >= 0.6 is 0 Å². The van der Waals surface area contributed by atoms with Crippen LogP contribution in [-0.2, 0) is 16.4 Å². The number of amides is 1. The second kappa shape index (κ2) is 6.66. The molecule has 8 heteroatoms. The minimum atomic E-state index is -3.68. The van der Waals surface area contributed by atoms with Crippen LogP contribution < -0.4 is 10.5 Å². The van der Waals surface area contributed by atoms with Crippen molar-refractivity contribution in [3.05, 3.63) is 53.6 Å².